The van der Waals surface area contributed by atoms with Crippen LogP contribution in [0.4, 0.5) is 0 Å². The summed E-state index contributed by atoms with van der Waals surface area (Å²) in [7, 11) is 1.42. The van der Waals surface area contributed by atoms with Crippen LogP contribution in [0, 0.1) is 0 Å². The summed E-state index contributed by atoms with van der Waals surface area (Å²) in [5.74, 6) is -1.35. The molecule has 0 bridgehead atoms. The van der Waals surface area contributed by atoms with Crippen molar-refractivity contribution in [3.63, 3.8) is 0 Å². The number of hydrogen-bond donors (Lipinski definition) is 3. The lowest BCUT2D eigenvalue weighted by molar-refractivity contribution is 0.0693. The number of rotatable bonds is 4. The summed E-state index contributed by atoms with van der Waals surface area (Å²) in [6, 6.07) is 6.51. The van der Waals surface area contributed by atoms with Gasteiger partial charge >= 0.3 is 5.97 Å². The molecular weight excluding hydrogens is 490 g/mol. The summed E-state index contributed by atoms with van der Waals surface area (Å²) in [6.45, 7) is 0. The Balaban J connectivity index is 2.07. The van der Waals surface area contributed by atoms with Crippen LogP contribution in [-0.4, -0.2) is 33.4 Å². The fourth-order valence-corrected chi connectivity index (χ4v) is 4.29. The first-order valence-corrected chi connectivity index (χ1v) is 9.51. The number of phenolic OH excluding ortho intramolecular Hbond substituents is 2. The Bertz CT molecular complexity index is 1020. The molecule has 0 spiro atoms. The minimum absolute atomic E-state index is 0.0613. The number of methoxy groups -OCH3 is 1. The highest BCUT2D eigenvalue weighted by Gasteiger charge is 2.19. The summed E-state index contributed by atoms with van der Waals surface area (Å²) in [6.07, 6.45) is 1.62. The Morgan fingerprint density at radius 3 is 2.58 bits per heavy atom. The van der Waals surface area contributed by atoms with Crippen LogP contribution >= 0.6 is 43.2 Å². The molecule has 0 aliphatic rings. The molecule has 0 fully saturated rings. The monoisotopic (exact) mass is 499 g/mol. The smallest absolute Gasteiger partial charge is 0.339 e. The lowest BCUT2D eigenvalue weighted by Gasteiger charge is -2.07. The average Bonchev–Trinajstić information content (AvgIpc) is 3.12. The number of phenols is 2. The Morgan fingerprint density at radius 1 is 1.19 bits per heavy atom. The summed E-state index contributed by atoms with van der Waals surface area (Å²) < 4.78 is 5.72. The molecular formula is C17H11Br2NO5S. The maximum absolute atomic E-state index is 11.4. The number of halogens is 2. The van der Waals surface area contributed by atoms with Crippen LogP contribution in [0.3, 0.4) is 0 Å². The van der Waals surface area contributed by atoms with Crippen LogP contribution in [0.2, 0.25) is 0 Å². The SMILES string of the molecule is COc1ccc(-c2cnc(-c3cc(Br)c(O)c(O)c3Br)s2)cc1C(=O)O. The second-order valence-electron chi connectivity index (χ2n) is 5.17. The van der Waals surface area contributed by atoms with E-state index in [1.807, 2.05) is 0 Å². The van der Waals surface area contributed by atoms with Crippen molar-refractivity contribution >= 4 is 49.2 Å². The van der Waals surface area contributed by atoms with E-state index in [4.69, 9.17) is 4.74 Å². The number of aromatic hydroxyl groups is 2. The maximum atomic E-state index is 11.4. The molecule has 134 valence electrons. The minimum atomic E-state index is -1.08. The molecule has 6 nitrogen and oxygen atoms in total. The molecule has 0 atom stereocenters. The molecule has 0 radical (unpaired) electrons. The van der Waals surface area contributed by atoms with Gasteiger partial charge in [-0.25, -0.2) is 9.78 Å². The van der Waals surface area contributed by atoms with Gasteiger partial charge in [0.05, 0.1) is 20.9 Å². The Hall–Kier alpha value is -2.10. The topological polar surface area (TPSA) is 99.9 Å². The van der Waals surface area contributed by atoms with E-state index in [1.54, 1.807) is 24.4 Å². The van der Waals surface area contributed by atoms with E-state index in [-0.39, 0.29) is 22.8 Å². The molecule has 1 heterocycles. The second-order valence-corrected chi connectivity index (χ2v) is 7.85. The Labute approximate surface area is 169 Å². The van der Waals surface area contributed by atoms with Crippen LogP contribution in [0.15, 0.2) is 39.4 Å². The molecule has 0 unspecified atom stereocenters. The Kier molecular flexibility index (Phi) is 5.22. The lowest BCUT2D eigenvalue weighted by atomic mass is 10.1. The fourth-order valence-electron chi connectivity index (χ4n) is 2.32. The zero-order valence-corrected chi connectivity index (χ0v) is 17.1. The van der Waals surface area contributed by atoms with Crippen LogP contribution < -0.4 is 4.74 Å². The van der Waals surface area contributed by atoms with Crippen LogP contribution in [0.1, 0.15) is 10.4 Å². The van der Waals surface area contributed by atoms with E-state index in [0.29, 0.717) is 25.1 Å². The molecule has 3 rings (SSSR count). The standard InChI is InChI=1S/C17H11Br2NO5S/c1-25-11-3-2-7(4-8(11)17(23)24)12-6-20-16(26-12)9-5-10(18)14(21)15(22)13(9)19/h2-6,21-22H,1H3,(H,23,24). The summed E-state index contributed by atoms with van der Waals surface area (Å²) in [5.41, 5.74) is 1.34. The maximum Gasteiger partial charge on any atom is 0.339 e. The van der Waals surface area contributed by atoms with E-state index in [2.05, 4.69) is 36.8 Å². The first-order valence-electron chi connectivity index (χ1n) is 7.11. The van der Waals surface area contributed by atoms with Gasteiger partial charge in [-0.15, -0.1) is 11.3 Å². The van der Waals surface area contributed by atoms with Gasteiger partial charge in [0.25, 0.3) is 0 Å². The number of benzene rings is 2. The van der Waals surface area contributed by atoms with Crippen molar-refractivity contribution in [1.29, 1.82) is 0 Å². The number of carbonyl (C=O) groups is 1. The van der Waals surface area contributed by atoms with Gasteiger partial charge in [0.2, 0.25) is 0 Å². The van der Waals surface area contributed by atoms with Gasteiger partial charge in [-0.1, -0.05) is 0 Å². The van der Waals surface area contributed by atoms with E-state index >= 15 is 0 Å². The highest BCUT2D eigenvalue weighted by Crippen LogP contribution is 2.46. The molecule has 0 saturated carbocycles. The fraction of sp³-hybridized carbons (Fsp3) is 0.0588. The van der Waals surface area contributed by atoms with Crippen LogP contribution in [-0.2, 0) is 0 Å². The van der Waals surface area contributed by atoms with Gasteiger partial charge in [0.1, 0.15) is 16.3 Å². The number of carboxylic acid groups (broad SMARTS) is 1. The molecule has 26 heavy (non-hydrogen) atoms. The van der Waals surface area contributed by atoms with E-state index in [9.17, 15) is 20.1 Å². The largest absolute Gasteiger partial charge is 0.503 e. The number of ether oxygens (including phenoxy) is 1. The third-order valence-electron chi connectivity index (χ3n) is 3.62. The second kappa shape index (κ2) is 7.26. The molecule has 1 aromatic heterocycles. The predicted octanol–water partition coefficient (Wildman–Crippen LogP) is 5.12. The van der Waals surface area contributed by atoms with Crippen molar-refractivity contribution in [2.75, 3.05) is 7.11 Å². The number of aromatic carboxylic acids is 1. The first-order chi connectivity index (χ1) is 12.3. The van der Waals surface area contributed by atoms with Crippen LogP contribution in [0.25, 0.3) is 21.0 Å². The number of hydrogen-bond acceptors (Lipinski definition) is 6. The summed E-state index contributed by atoms with van der Waals surface area (Å²) >= 11 is 7.77. The first kappa shape index (κ1) is 18.7. The molecule has 3 N–H and O–H groups in total. The number of thiazole rings is 1. The van der Waals surface area contributed by atoms with Gasteiger partial charge in [-0.05, 0) is 61.7 Å². The molecule has 2 aromatic carbocycles. The van der Waals surface area contributed by atoms with E-state index in [1.165, 1.54) is 24.5 Å². The number of nitrogens with zero attached hydrogens (tertiary/aromatic N) is 1. The lowest BCUT2D eigenvalue weighted by Crippen LogP contribution is -2.00. The third kappa shape index (κ3) is 3.29. The van der Waals surface area contributed by atoms with E-state index in [0.717, 1.165) is 4.88 Å². The summed E-state index contributed by atoms with van der Waals surface area (Å²) in [5, 5.41) is 29.7. The van der Waals surface area contributed by atoms with Crippen molar-refractivity contribution in [3.05, 3.63) is 45.0 Å². The zero-order valence-electron chi connectivity index (χ0n) is 13.2. The van der Waals surface area contributed by atoms with Crippen molar-refractivity contribution in [2.24, 2.45) is 0 Å². The zero-order chi connectivity index (χ0) is 19.0. The Morgan fingerprint density at radius 2 is 1.92 bits per heavy atom. The van der Waals surface area contributed by atoms with Gasteiger partial charge < -0.3 is 20.1 Å². The van der Waals surface area contributed by atoms with Crippen molar-refractivity contribution in [3.8, 4) is 38.3 Å². The van der Waals surface area contributed by atoms with Gasteiger partial charge in [-0.3, -0.25) is 0 Å². The van der Waals surface area contributed by atoms with Gasteiger partial charge in [0, 0.05) is 11.8 Å². The highest BCUT2D eigenvalue weighted by molar-refractivity contribution is 9.11. The molecule has 0 saturated heterocycles. The molecule has 9 heteroatoms. The van der Waals surface area contributed by atoms with E-state index < -0.39 is 5.97 Å². The molecule has 0 amide bonds. The van der Waals surface area contributed by atoms with Gasteiger partial charge in [-0.2, -0.15) is 0 Å². The normalized spacial score (nSPS) is 10.7. The third-order valence-corrected chi connectivity index (χ3v) is 6.10. The van der Waals surface area contributed by atoms with Gasteiger partial charge in [0.15, 0.2) is 11.5 Å². The van der Waals surface area contributed by atoms with Crippen molar-refractivity contribution in [2.45, 2.75) is 0 Å². The minimum Gasteiger partial charge on any atom is -0.503 e. The highest BCUT2D eigenvalue weighted by atomic mass is 79.9. The summed E-state index contributed by atoms with van der Waals surface area (Å²) in [4.78, 5) is 16.5. The quantitative estimate of drug-likeness (QED) is 0.430. The molecule has 0 aliphatic heterocycles. The van der Waals surface area contributed by atoms with Crippen molar-refractivity contribution < 1.29 is 24.9 Å². The molecule has 0 aliphatic carbocycles. The van der Waals surface area contributed by atoms with Crippen LogP contribution in [0.5, 0.6) is 17.2 Å². The van der Waals surface area contributed by atoms with Crippen molar-refractivity contribution in [1.82, 2.24) is 4.98 Å². The number of carboxylic acids is 1. The predicted molar refractivity (Wildman–Crippen MR) is 105 cm³/mol. The molecule has 3 aromatic rings. The number of aromatic nitrogens is 1. The average molecular weight is 501 g/mol.